The molecule has 0 saturated carbocycles. The molecule has 1 aliphatic rings. The second-order valence-electron chi connectivity index (χ2n) is 3.89. The Bertz CT molecular complexity index is 352. The van der Waals surface area contributed by atoms with Crippen molar-refractivity contribution in [3.05, 3.63) is 24.2 Å². The van der Waals surface area contributed by atoms with Crippen molar-refractivity contribution in [2.45, 2.75) is 19.1 Å². The number of furan rings is 1. The fourth-order valence-corrected chi connectivity index (χ4v) is 1.92. The Labute approximate surface area is 99.1 Å². The molecule has 4 nitrogen and oxygen atoms in total. The molecule has 2 heterocycles. The molecule has 1 aliphatic heterocycles. The normalized spacial score (nSPS) is 25.8. The van der Waals surface area contributed by atoms with Crippen LogP contribution < -0.4 is 0 Å². The van der Waals surface area contributed by atoms with Gasteiger partial charge >= 0.3 is 0 Å². The molecule has 16 heavy (non-hydrogen) atoms. The quantitative estimate of drug-likeness (QED) is 0.744. The Morgan fingerprint density at radius 2 is 2.50 bits per heavy atom. The van der Waals surface area contributed by atoms with E-state index in [4.69, 9.17) is 20.8 Å². The van der Waals surface area contributed by atoms with Crippen LogP contribution in [0.1, 0.15) is 17.5 Å². The summed E-state index contributed by atoms with van der Waals surface area (Å²) in [6.45, 7) is 2.99. The van der Waals surface area contributed by atoms with Crippen LogP contribution in [0.5, 0.6) is 0 Å². The molecule has 5 heteroatoms. The van der Waals surface area contributed by atoms with Crippen molar-refractivity contribution in [1.29, 1.82) is 0 Å². The van der Waals surface area contributed by atoms with E-state index in [0.717, 1.165) is 0 Å². The standard InChI is InChI=1S/C11H14ClNO3/c1-8-7-16-9(5-12)6-13(8)11(14)10-3-2-4-15-10/h2-4,8-9H,5-7H2,1H3. The molecule has 0 spiro atoms. The zero-order valence-electron chi connectivity index (χ0n) is 9.06. The van der Waals surface area contributed by atoms with Gasteiger partial charge in [0.25, 0.3) is 5.91 Å². The molecule has 1 aromatic heterocycles. The summed E-state index contributed by atoms with van der Waals surface area (Å²) in [5.41, 5.74) is 0. The van der Waals surface area contributed by atoms with Gasteiger partial charge in [-0.3, -0.25) is 4.79 Å². The second-order valence-corrected chi connectivity index (χ2v) is 4.20. The molecule has 0 radical (unpaired) electrons. The highest BCUT2D eigenvalue weighted by Crippen LogP contribution is 2.16. The third-order valence-corrected chi connectivity index (χ3v) is 3.01. The van der Waals surface area contributed by atoms with E-state index in [1.807, 2.05) is 6.92 Å². The summed E-state index contributed by atoms with van der Waals surface area (Å²) in [5.74, 6) is 0.660. The molecular formula is C11H14ClNO3. The van der Waals surface area contributed by atoms with Crippen LogP contribution in [-0.4, -0.2) is 42.0 Å². The number of amides is 1. The minimum absolute atomic E-state index is 0.0528. The van der Waals surface area contributed by atoms with Crippen molar-refractivity contribution in [3.8, 4) is 0 Å². The fraction of sp³-hybridized carbons (Fsp3) is 0.545. The van der Waals surface area contributed by atoms with E-state index in [-0.39, 0.29) is 18.1 Å². The number of ether oxygens (including phenoxy) is 1. The highest BCUT2D eigenvalue weighted by Gasteiger charge is 2.30. The molecule has 1 fully saturated rings. The first-order valence-electron chi connectivity index (χ1n) is 5.24. The summed E-state index contributed by atoms with van der Waals surface area (Å²) >= 11 is 5.74. The van der Waals surface area contributed by atoms with Gasteiger partial charge in [0.05, 0.1) is 30.9 Å². The van der Waals surface area contributed by atoms with E-state index in [1.165, 1.54) is 6.26 Å². The van der Waals surface area contributed by atoms with Crippen LogP contribution in [0.25, 0.3) is 0 Å². The van der Waals surface area contributed by atoms with Crippen LogP contribution in [0.15, 0.2) is 22.8 Å². The van der Waals surface area contributed by atoms with Crippen LogP contribution >= 0.6 is 11.6 Å². The SMILES string of the molecule is CC1COC(CCl)CN1C(=O)c1ccco1. The number of carbonyl (C=O) groups is 1. The number of carbonyl (C=O) groups excluding carboxylic acids is 1. The summed E-state index contributed by atoms with van der Waals surface area (Å²) < 4.78 is 10.6. The summed E-state index contributed by atoms with van der Waals surface area (Å²) in [4.78, 5) is 13.8. The molecule has 2 rings (SSSR count). The number of alkyl halides is 1. The molecule has 0 aliphatic carbocycles. The maximum Gasteiger partial charge on any atom is 0.289 e. The number of halogens is 1. The predicted octanol–water partition coefficient (Wildman–Crippen LogP) is 1.75. The molecule has 0 N–H and O–H groups in total. The molecule has 0 bridgehead atoms. The molecule has 0 aromatic carbocycles. The minimum atomic E-state index is -0.101. The lowest BCUT2D eigenvalue weighted by molar-refractivity contribution is -0.0381. The first-order chi connectivity index (χ1) is 7.72. The topological polar surface area (TPSA) is 42.7 Å². The summed E-state index contributed by atoms with van der Waals surface area (Å²) in [5, 5.41) is 0. The molecule has 1 aromatic rings. The highest BCUT2D eigenvalue weighted by atomic mass is 35.5. The van der Waals surface area contributed by atoms with Crippen LogP contribution in [-0.2, 0) is 4.74 Å². The Kier molecular flexibility index (Phi) is 3.51. The monoisotopic (exact) mass is 243 g/mol. The van der Waals surface area contributed by atoms with Crippen molar-refractivity contribution >= 4 is 17.5 Å². The van der Waals surface area contributed by atoms with E-state index in [0.29, 0.717) is 24.8 Å². The number of morpholine rings is 1. The lowest BCUT2D eigenvalue weighted by Crippen LogP contribution is -2.51. The Hall–Kier alpha value is -1.00. The smallest absolute Gasteiger partial charge is 0.289 e. The molecule has 2 atom stereocenters. The molecule has 1 amide bonds. The van der Waals surface area contributed by atoms with E-state index < -0.39 is 0 Å². The van der Waals surface area contributed by atoms with E-state index in [1.54, 1.807) is 17.0 Å². The Morgan fingerprint density at radius 3 is 3.12 bits per heavy atom. The lowest BCUT2D eigenvalue weighted by atomic mass is 10.2. The Balaban J connectivity index is 2.09. The van der Waals surface area contributed by atoms with Crippen LogP contribution in [0.2, 0.25) is 0 Å². The van der Waals surface area contributed by atoms with Gasteiger partial charge in [-0.15, -0.1) is 11.6 Å². The largest absolute Gasteiger partial charge is 0.459 e. The van der Waals surface area contributed by atoms with Gasteiger partial charge in [-0.1, -0.05) is 0 Å². The van der Waals surface area contributed by atoms with Gasteiger partial charge in [-0.2, -0.15) is 0 Å². The molecule has 1 saturated heterocycles. The van der Waals surface area contributed by atoms with Gasteiger partial charge in [0.2, 0.25) is 0 Å². The van der Waals surface area contributed by atoms with Gasteiger partial charge in [-0.05, 0) is 19.1 Å². The van der Waals surface area contributed by atoms with Gasteiger partial charge in [-0.25, -0.2) is 0 Å². The molecular weight excluding hydrogens is 230 g/mol. The second kappa shape index (κ2) is 4.89. The first kappa shape index (κ1) is 11.5. The highest BCUT2D eigenvalue weighted by molar-refractivity contribution is 6.18. The van der Waals surface area contributed by atoms with Crippen molar-refractivity contribution in [3.63, 3.8) is 0 Å². The number of hydrogen-bond acceptors (Lipinski definition) is 3. The van der Waals surface area contributed by atoms with Gasteiger partial charge in [0.1, 0.15) is 0 Å². The number of hydrogen-bond donors (Lipinski definition) is 0. The molecule has 2 unspecified atom stereocenters. The third-order valence-electron chi connectivity index (χ3n) is 2.67. The van der Waals surface area contributed by atoms with Crippen molar-refractivity contribution in [2.75, 3.05) is 19.0 Å². The first-order valence-corrected chi connectivity index (χ1v) is 5.78. The predicted molar refractivity (Wildman–Crippen MR) is 59.7 cm³/mol. The maximum absolute atomic E-state index is 12.1. The molecule has 88 valence electrons. The van der Waals surface area contributed by atoms with Crippen molar-refractivity contribution < 1.29 is 13.9 Å². The van der Waals surface area contributed by atoms with Crippen LogP contribution in [0.4, 0.5) is 0 Å². The van der Waals surface area contributed by atoms with Gasteiger partial charge < -0.3 is 14.1 Å². The zero-order chi connectivity index (χ0) is 11.5. The number of rotatable bonds is 2. The average Bonchev–Trinajstić information content (AvgIpc) is 2.82. The summed E-state index contributed by atoms with van der Waals surface area (Å²) in [7, 11) is 0. The zero-order valence-corrected chi connectivity index (χ0v) is 9.81. The summed E-state index contributed by atoms with van der Waals surface area (Å²) in [6, 6.07) is 3.43. The fourth-order valence-electron chi connectivity index (χ4n) is 1.74. The van der Waals surface area contributed by atoms with E-state index >= 15 is 0 Å². The lowest BCUT2D eigenvalue weighted by Gasteiger charge is -2.36. The summed E-state index contributed by atoms with van der Waals surface area (Å²) in [6.07, 6.45) is 1.41. The van der Waals surface area contributed by atoms with Crippen molar-refractivity contribution in [2.24, 2.45) is 0 Å². The van der Waals surface area contributed by atoms with Crippen LogP contribution in [0, 0.1) is 0 Å². The van der Waals surface area contributed by atoms with E-state index in [2.05, 4.69) is 0 Å². The third kappa shape index (κ3) is 2.23. The average molecular weight is 244 g/mol. The van der Waals surface area contributed by atoms with Gasteiger partial charge in [0, 0.05) is 6.54 Å². The minimum Gasteiger partial charge on any atom is -0.459 e. The van der Waals surface area contributed by atoms with E-state index in [9.17, 15) is 4.79 Å². The Morgan fingerprint density at radius 1 is 1.69 bits per heavy atom. The van der Waals surface area contributed by atoms with Gasteiger partial charge in [0.15, 0.2) is 5.76 Å². The maximum atomic E-state index is 12.1. The number of nitrogens with zero attached hydrogens (tertiary/aromatic N) is 1. The van der Waals surface area contributed by atoms with Crippen molar-refractivity contribution in [1.82, 2.24) is 4.90 Å². The van der Waals surface area contributed by atoms with Crippen LogP contribution in [0.3, 0.4) is 0 Å².